The van der Waals surface area contributed by atoms with Crippen LogP contribution in [0.1, 0.15) is 58.4 Å². The molecule has 1 aromatic carbocycles. The highest BCUT2D eigenvalue weighted by molar-refractivity contribution is 6.16. The first kappa shape index (κ1) is 27.6. The summed E-state index contributed by atoms with van der Waals surface area (Å²) in [5, 5.41) is 31.9. The Morgan fingerprint density at radius 1 is 1.19 bits per heavy atom. The number of nitrogens with zero attached hydrogens (tertiary/aromatic N) is 1. The Morgan fingerprint density at radius 3 is 2.47 bits per heavy atom. The van der Waals surface area contributed by atoms with Gasteiger partial charge in [-0.3, -0.25) is 9.59 Å². The Kier molecular flexibility index (Phi) is 9.08. The van der Waals surface area contributed by atoms with Gasteiger partial charge >= 0.3 is 6.09 Å². The van der Waals surface area contributed by atoms with Crippen LogP contribution in [0.25, 0.3) is 6.08 Å². The van der Waals surface area contributed by atoms with E-state index in [1.54, 1.807) is 12.1 Å². The lowest BCUT2D eigenvalue weighted by Gasteiger charge is -2.38. The number of methoxy groups -OCH3 is 1. The van der Waals surface area contributed by atoms with E-state index in [1.807, 2.05) is 32.1 Å². The van der Waals surface area contributed by atoms with Gasteiger partial charge in [0.2, 0.25) is 11.8 Å². The van der Waals surface area contributed by atoms with Gasteiger partial charge in [0.15, 0.2) is 0 Å². The standard InChI is InChI=1S/C28H37NO7/c1-5-8-17(13-18-9-6-7-10-22(18)31)11-12-23(32)24-19(16(2)3)14-20-25(21(24)15-30)27(34)29(26(20)33)28(35)36-4/h6-7,9-10,13,16,20-21,23,25,30-32H,5,8,11-12,14-15H2,1-4H3/b17-13+/t20-,21+,23-,25-/m1/s1. The van der Waals surface area contributed by atoms with Gasteiger partial charge in [-0.25, -0.2) is 4.79 Å². The first-order valence-electron chi connectivity index (χ1n) is 12.6. The number of fused-ring (bicyclic) bond motifs is 1. The molecule has 196 valence electrons. The maximum Gasteiger partial charge on any atom is 0.423 e. The van der Waals surface area contributed by atoms with Gasteiger partial charge in [-0.15, -0.1) is 0 Å². The number of carbonyl (C=O) groups excluding carboxylic acids is 3. The largest absolute Gasteiger partial charge is 0.507 e. The summed E-state index contributed by atoms with van der Waals surface area (Å²) in [7, 11) is 1.11. The number of hydrogen-bond donors (Lipinski definition) is 3. The zero-order valence-electron chi connectivity index (χ0n) is 21.4. The molecule has 3 amide bonds. The highest BCUT2D eigenvalue weighted by Crippen LogP contribution is 2.48. The number of aliphatic hydroxyl groups is 2. The summed E-state index contributed by atoms with van der Waals surface area (Å²) in [5.41, 5.74) is 3.23. The second kappa shape index (κ2) is 11.8. The van der Waals surface area contributed by atoms with Gasteiger partial charge in [0.25, 0.3) is 0 Å². The second-order valence-electron chi connectivity index (χ2n) is 9.91. The Morgan fingerprint density at radius 2 is 1.89 bits per heavy atom. The van der Waals surface area contributed by atoms with Crippen LogP contribution >= 0.6 is 0 Å². The first-order chi connectivity index (χ1) is 17.2. The van der Waals surface area contributed by atoms with E-state index >= 15 is 0 Å². The van der Waals surface area contributed by atoms with Crippen LogP contribution in [0.5, 0.6) is 5.75 Å². The van der Waals surface area contributed by atoms with E-state index in [0.29, 0.717) is 28.9 Å². The minimum Gasteiger partial charge on any atom is -0.507 e. The molecular formula is C28H37NO7. The number of carbonyl (C=O) groups is 3. The van der Waals surface area contributed by atoms with E-state index in [0.717, 1.165) is 31.1 Å². The van der Waals surface area contributed by atoms with E-state index in [-0.39, 0.29) is 18.1 Å². The third-order valence-electron chi connectivity index (χ3n) is 7.34. The van der Waals surface area contributed by atoms with Gasteiger partial charge in [0.05, 0.1) is 31.7 Å². The van der Waals surface area contributed by atoms with Crippen LogP contribution in [-0.2, 0) is 14.3 Å². The number of imide groups is 3. The molecule has 1 aliphatic carbocycles. The Balaban J connectivity index is 1.91. The third kappa shape index (κ3) is 5.39. The third-order valence-corrected chi connectivity index (χ3v) is 7.34. The van der Waals surface area contributed by atoms with E-state index in [4.69, 9.17) is 0 Å². The molecule has 1 aliphatic heterocycles. The van der Waals surface area contributed by atoms with Gasteiger partial charge in [-0.1, -0.05) is 62.6 Å². The number of allylic oxidation sites excluding steroid dienone is 2. The molecule has 1 heterocycles. The summed E-state index contributed by atoms with van der Waals surface area (Å²) in [6, 6.07) is 7.08. The average Bonchev–Trinajstić information content (AvgIpc) is 3.11. The normalized spacial score (nSPS) is 23.4. The number of rotatable bonds is 9. The minimum absolute atomic E-state index is 0.0216. The zero-order chi connectivity index (χ0) is 26.6. The van der Waals surface area contributed by atoms with Crippen molar-refractivity contribution in [1.29, 1.82) is 0 Å². The fourth-order valence-electron chi connectivity index (χ4n) is 5.61. The molecule has 0 aromatic heterocycles. The Bertz CT molecular complexity index is 1060. The Labute approximate surface area is 212 Å². The molecule has 0 spiro atoms. The topological polar surface area (TPSA) is 124 Å². The van der Waals surface area contributed by atoms with Gasteiger partial charge < -0.3 is 20.1 Å². The van der Waals surface area contributed by atoms with Gasteiger partial charge in [-0.05, 0) is 43.2 Å². The summed E-state index contributed by atoms with van der Waals surface area (Å²) >= 11 is 0. The van der Waals surface area contributed by atoms with Crippen LogP contribution in [-0.4, -0.2) is 57.9 Å². The zero-order valence-corrected chi connectivity index (χ0v) is 21.4. The lowest BCUT2D eigenvalue weighted by molar-refractivity contribution is -0.137. The molecule has 2 aliphatic rings. The molecule has 1 saturated heterocycles. The van der Waals surface area contributed by atoms with Crippen molar-refractivity contribution in [2.24, 2.45) is 23.7 Å². The summed E-state index contributed by atoms with van der Waals surface area (Å²) in [6.07, 6.45) is 2.86. The van der Waals surface area contributed by atoms with Crippen molar-refractivity contribution in [3.05, 3.63) is 46.5 Å². The lowest BCUT2D eigenvalue weighted by atomic mass is 9.66. The smallest absolute Gasteiger partial charge is 0.423 e. The van der Waals surface area contributed by atoms with Crippen molar-refractivity contribution in [2.45, 2.75) is 59.0 Å². The van der Waals surface area contributed by atoms with Gasteiger partial charge in [-0.2, -0.15) is 4.90 Å². The number of aromatic hydroxyl groups is 1. The molecule has 3 N–H and O–H groups in total. The summed E-state index contributed by atoms with van der Waals surface area (Å²) in [6.45, 7) is 5.55. The van der Waals surface area contributed by atoms with Crippen molar-refractivity contribution in [1.82, 2.24) is 4.90 Å². The van der Waals surface area contributed by atoms with E-state index in [2.05, 4.69) is 11.7 Å². The van der Waals surface area contributed by atoms with Crippen molar-refractivity contribution < 1.29 is 34.4 Å². The maximum atomic E-state index is 13.1. The quantitative estimate of drug-likeness (QED) is 0.346. The van der Waals surface area contributed by atoms with Crippen LogP contribution in [0.3, 0.4) is 0 Å². The van der Waals surface area contributed by atoms with Crippen LogP contribution in [0.4, 0.5) is 4.79 Å². The predicted molar refractivity (Wildman–Crippen MR) is 135 cm³/mol. The molecule has 0 radical (unpaired) electrons. The predicted octanol–water partition coefficient (Wildman–Crippen LogP) is 4.05. The number of para-hydroxylation sites is 1. The van der Waals surface area contributed by atoms with Crippen molar-refractivity contribution in [2.75, 3.05) is 13.7 Å². The van der Waals surface area contributed by atoms with Crippen molar-refractivity contribution >= 4 is 24.0 Å². The average molecular weight is 500 g/mol. The first-order valence-corrected chi connectivity index (χ1v) is 12.6. The van der Waals surface area contributed by atoms with Gasteiger partial charge in [0, 0.05) is 11.5 Å². The van der Waals surface area contributed by atoms with Crippen LogP contribution in [0, 0.1) is 23.7 Å². The molecule has 4 atom stereocenters. The maximum absolute atomic E-state index is 13.1. The monoisotopic (exact) mass is 499 g/mol. The molecule has 1 fully saturated rings. The molecule has 36 heavy (non-hydrogen) atoms. The molecule has 0 saturated carbocycles. The number of hydrogen-bond acceptors (Lipinski definition) is 7. The number of phenols is 1. The SMILES string of the molecule is CCC/C(=C\c1ccccc1O)CC[C@@H](O)C1=C(C(C)C)C[C@H]2C(=O)N(C(=O)OC)C(=O)[C@H]2[C@H]1CO. The Hall–Kier alpha value is -2.97. The highest BCUT2D eigenvalue weighted by Gasteiger charge is 2.57. The summed E-state index contributed by atoms with van der Waals surface area (Å²) in [5.74, 6) is -3.58. The number of aliphatic hydroxyl groups excluding tert-OH is 2. The molecule has 0 unspecified atom stereocenters. The highest BCUT2D eigenvalue weighted by atomic mass is 16.5. The number of ether oxygens (including phenoxy) is 1. The lowest BCUT2D eigenvalue weighted by Crippen LogP contribution is -2.40. The number of amides is 3. The number of likely N-dealkylation sites (tertiary alicyclic amines) is 1. The molecular weight excluding hydrogens is 462 g/mol. The van der Waals surface area contributed by atoms with E-state index < -0.39 is 48.4 Å². The van der Waals surface area contributed by atoms with E-state index in [1.165, 1.54) is 0 Å². The van der Waals surface area contributed by atoms with Gasteiger partial charge in [0.1, 0.15) is 5.75 Å². The molecule has 3 rings (SSSR count). The van der Waals surface area contributed by atoms with Crippen LogP contribution in [0.2, 0.25) is 0 Å². The fourth-order valence-corrected chi connectivity index (χ4v) is 5.61. The fraction of sp³-hybridized carbons (Fsp3) is 0.536. The van der Waals surface area contributed by atoms with Crippen LogP contribution in [0.15, 0.2) is 41.0 Å². The number of benzene rings is 1. The molecule has 8 nitrogen and oxygen atoms in total. The molecule has 8 heteroatoms. The van der Waals surface area contributed by atoms with E-state index in [9.17, 15) is 29.7 Å². The van der Waals surface area contributed by atoms with Crippen molar-refractivity contribution in [3.63, 3.8) is 0 Å². The molecule has 0 bridgehead atoms. The molecule has 1 aromatic rings. The number of phenolic OH excluding ortho intramolecular Hbond substituents is 1. The summed E-state index contributed by atoms with van der Waals surface area (Å²) < 4.78 is 4.64. The summed E-state index contributed by atoms with van der Waals surface area (Å²) in [4.78, 5) is 38.7. The second-order valence-corrected chi connectivity index (χ2v) is 9.91. The van der Waals surface area contributed by atoms with Crippen molar-refractivity contribution in [3.8, 4) is 5.75 Å². The van der Waals surface area contributed by atoms with Crippen LogP contribution < -0.4 is 0 Å². The minimum atomic E-state index is -1.03.